The molecule has 2 atom stereocenters. The second kappa shape index (κ2) is 12.5. The molecule has 0 saturated heterocycles. The number of amides is 2. The zero-order chi connectivity index (χ0) is 24.5. The number of aryl methyl sites for hydroxylation is 2. The quantitative estimate of drug-likeness (QED) is 0.360. The number of hydrogen-bond donors (Lipinski definition) is 4. The fourth-order valence-corrected chi connectivity index (χ4v) is 4.20. The molecule has 1 aromatic heterocycles. The molecule has 0 aromatic carbocycles. The Balaban J connectivity index is 1.29. The van der Waals surface area contributed by atoms with Crippen LogP contribution in [-0.2, 0) is 31.9 Å². The number of carbonyl (C=O) groups excluding carboxylic acids is 2. The first-order valence-electron chi connectivity index (χ1n) is 12.1. The maximum Gasteiger partial charge on any atom is 0.408 e. The van der Waals surface area contributed by atoms with Gasteiger partial charge in [0.1, 0.15) is 18.0 Å². The standard InChI is InChI=1S/C24H36N4O6/c1-15(14-26-16(2)29)34-24(32)28-21(23(30)31)9-11-33-20-12-17(13-20)5-7-19-8-6-18-4-3-10-25-22(18)27-19/h6,8,15,17,20-21H,3-5,7,9-14H2,1-2H3,(H,25,27)(H,26,29)(H,28,32)(H,30,31)/t15-,17?,20?,21-/m0/s1. The van der Waals surface area contributed by atoms with E-state index < -0.39 is 24.2 Å². The Labute approximate surface area is 200 Å². The molecule has 3 rings (SSSR count). The number of anilines is 1. The number of carbonyl (C=O) groups is 3. The zero-order valence-electron chi connectivity index (χ0n) is 20.0. The second-order valence-corrected chi connectivity index (χ2v) is 9.19. The molecule has 2 heterocycles. The molecule has 2 amide bonds. The van der Waals surface area contributed by atoms with Crippen molar-refractivity contribution >= 4 is 23.8 Å². The van der Waals surface area contributed by atoms with Gasteiger partial charge in [-0.2, -0.15) is 0 Å². The Morgan fingerprint density at radius 2 is 2.09 bits per heavy atom. The average Bonchev–Trinajstić information content (AvgIpc) is 2.77. The monoisotopic (exact) mass is 476 g/mol. The second-order valence-electron chi connectivity index (χ2n) is 9.19. The molecule has 10 nitrogen and oxygen atoms in total. The van der Waals surface area contributed by atoms with Gasteiger partial charge in [-0.3, -0.25) is 4.79 Å². The summed E-state index contributed by atoms with van der Waals surface area (Å²) < 4.78 is 10.9. The largest absolute Gasteiger partial charge is 0.480 e. The Morgan fingerprint density at radius 3 is 2.82 bits per heavy atom. The number of carboxylic acid groups (broad SMARTS) is 1. The van der Waals surface area contributed by atoms with Crippen molar-refractivity contribution in [2.75, 3.05) is 25.0 Å². The third-order valence-corrected chi connectivity index (χ3v) is 6.25. The molecule has 4 N–H and O–H groups in total. The normalized spacial score (nSPS) is 20.6. The lowest BCUT2D eigenvalue weighted by atomic mass is 9.79. The van der Waals surface area contributed by atoms with Crippen molar-refractivity contribution in [2.24, 2.45) is 5.92 Å². The summed E-state index contributed by atoms with van der Waals surface area (Å²) in [7, 11) is 0. The first-order chi connectivity index (χ1) is 16.3. The van der Waals surface area contributed by atoms with Crippen LogP contribution in [0.1, 0.15) is 57.2 Å². The van der Waals surface area contributed by atoms with Crippen LogP contribution in [0.5, 0.6) is 0 Å². The van der Waals surface area contributed by atoms with Crippen LogP contribution < -0.4 is 16.0 Å². The van der Waals surface area contributed by atoms with Crippen molar-refractivity contribution in [3.8, 4) is 0 Å². The molecule has 188 valence electrons. The molecule has 2 aliphatic rings. The number of nitrogens with one attached hydrogen (secondary N) is 3. The van der Waals surface area contributed by atoms with E-state index in [4.69, 9.17) is 14.5 Å². The molecule has 0 unspecified atom stereocenters. The third-order valence-electron chi connectivity index (χ3n) is 6.25. The van der Waals surface area contributed by atoms with Crippen LogP contribution in [0.25, 0.3) is 0 Å². The topological polar surface area (TPSA) is 139 Å². The van der Waals surface area contributed by atoms with E-state index in [0.717, 1.165) is 56.6 Å². The smallest absolute Gasteiger partial charge is 0.408 e. The van der Waals surface area contributed by atoms with Gasteiger partial charge in [-0.15, -0.1) is 0 Å². The zero-order valence-corrected chi connectivity index (χ0v) is 20.0. The summed E-state index contributed by atoms with van der Waals surface area (Å²) in [5, 5.41) is 17.6. The van der Waals surface area contributed by atoms with Crippen LogP contribution in [0.4, 0.5) is 10.6 Å². The first kappa shape index (κ1) is 25.7. The summed E-state index contributed by atoms with van der Waals surface area (Å²) in [5.74, 6) is 0.242. The number of alkyl carbamates (subject to hydrolysis) is 1. The number of carboxylic acids is 1. The molecule has 0 spiro atoms. The van der Waals surface area contributed by atoms with E-state index in [1.807, 2.05) is 0 Å². The van der Waals surface area contributed by atoms with Crippen LogP contribution in [-0.4, -0.2) is 66.0 Å². The van der Waals surface area contributed by atoms with E-state index in [-0.39, 0.29) is 31.6 Å². The minimum absolute atomic E-state index is 0.127. The molecule has 1 aliphatic heterocycles. The molecular weight excluding hydrogens is 440 g/mol. The third kappa shape index (κ3) is 8.16. The summed E-state index contributed by atoms with van der Waals surface area (Å²) in [6.07, 6.45) is 5.04. The predicted octanol–water partition coefficient (Wildman–Crippen LogP) is 2.26. The van der Waals surface area contributed by atoms with Crippen molar-refractivity contribution in [2.45, 2.75) is 77.0 Å². The molecule has 34 heavy (non-hydrogen) atoms. The van der Waals surface area contributed by atoms with Crippen molar-refractivity contribution in [3.05, 3.63) is 23.4 Å². The summed E-state index contributed by atoms with van der Waals surface area (Å²) in [6, 6.07) is 3.21. The lowest BCUT2D eigenvalue weighted by Gasteiger charge is -2.35. The molecular formula is C24H36N4O6. The van der Waals surface area contributed by atoms with Gasteiger partial charge in [0, 0.05) is 32.2 Å². The fraction of sp³-hybridized carbons (Fsp3) is 0.667. The van der Waals surface area contributed by atoms with Crippen molar-refractivity contribution in [1.29, 1.82) is 0 Å². The van der Waals surface area contributed by atoms with Crippen LogP contribution >= 0.6 is 0 Å². The Kier molecular flexibility index (Phi) is 9.50. The number of rotatable bonds is 12. The van der Waals surface area contributed by atoms with Crippen LogP contribution in [0.2, 0.25) is 0 Å². The predicted molar refractivity (Wildman–Crippen MR) is 126 cm³/mol. The number of fused-ring (bicyclic) bond motifs is 1. The Hall–Kier alpha value is -2.88. The van der Waals surface area contributed by atoms with Crippen molar-refractivity contribution in [3.63, 3.8) is 0 Å². The van der Waals surface area contributed by atoms with E-state index in [9.17, 15) is 19.5 Å². The average molecular weight is 477 g/mol. The molecule has 10 heteroatoms. The maximum atomic E-state index is 11.9. The van der Waals surface area contributed by atoms with E-state index in [1.54, 1.807) is 6.92 Å². The van der Waals surface area contributed by atoms with Crippen LogP contribution in [0.3, 0.4) is 0 Å². The van der Waals surface area contributed by atoms with E-state index in [0.29, 0.717) is 5.92 Å². The number of hydrogen-bond acceptors (Lipinski definition) is 7. The van der Waals surface area contributed by atoms with Gasteiger partial charge in [0.25, 0.3) is 0 Å². The number of aliphatic carboxylic acids is 1. The Morgan fingerprint density at radius 1 is 1.29 bits per heavy atom. The SMILES string of the molecule is CC(=O)NC[C@H](C)OC(=O)N[C@@H](CCOC1CC(CCc2ccc3c(n2)NCCC3)C1)C(=O)O. The fourth-order valence-electron chi connectivity index (χ4n) is 4.20. The van der Waals surface area contributed by atoms with Crippen molar-refractivity contribution < 1.29 is 29.0 Å². The van der Waals surface area contributed by atoms with Gasteiger partial charge >= 0.3 is 12.1 Å². The molecule has 1 aromatic rings. The first-order valence-corrected chi connectivity index (χ1v) is 12.1. The van der Waals surface area contributed by atoms with Crippen LogP contribution in [0, 0.1) is 5.92 Å². The van der Waals surface area contributed by atoms with E-state index in [2.05, 4.69) is 28.1 Å². The molecule has 1 saturated carbocycles. The summed E-state index contributed by atoms with van der Waals surface area (Å²) in [6.45, 7) is 4.36. The summed E-state index contributed by atoms with van der Waals surface area (Å²) in [4.78, 5) is 39.0. The lowest BCUT2D eigenvalue weighted by molar-refractivity contribution is -0.140. The van der Waals surface area contributed by atoms with Gasteiger partial charge in [0.05, 0.1) is 12.6 Å². The summed E-state index contributed by atoms with van der Waals surface area (Å²) >= 11 is 0. The molecule has 1 aliphatic carbocycles. The van der Waals surface area contributed by atoms with Gasteiger partial charge < -0.3 is 30.5 Å². The highest BCUT2D eigenvalue weighted by Gasteiger charge is 2.30. The van der Waals surface area contributed by atoms with Crippen molar-refractivity contribution in [1.82, 2.24) is 15.6 Å². The van der Waals surface area contributed by atoms with Gasteiger partial charge in [0.15, 0.2) is 0 Å². The highest BCUT2D eigenvalue weighted by Crippen LogP contribution is 2.34. The highest BCUT2D eigenvalue weighted by molar-refractivity contribution is 5.80. The van der Waals surface area contributed by atoms with Gasteiger partial charge in [-0.05, 0) is 63.0 Å². The van der Waals surface area contributed by atoms with Gasteiger partial charge in [-0.25, -0.2) is 14.6 Å². The lowest BCUT2D eigenvalue weighted by Crippen LogP contribution is -2.44. The minimum atomic E-state index is -1.14. The maximum absolute atomic E-state index is 11.9. The van der Waals surface area contributed by atoms with Crippen LogP contribution in [0.15, 0.2) is 12.1 Å². The van der Waals surface area contributed by atoms with Gasteiger partial charge in [-0.1, -0.05) is 6.07 Å². The number of ether oxygens (including phenoxy) is 2. The minimum Gasteiger partial charge on any atom is -0.480 e. The molecule has 0 radical (unpaired) electrons. The number of nitrogens with zero attached hydrogens (tertiary/aromatic N) is 1. The summed E-state index contributed by atoms with van der Waals surface area (Å²) in [5.41, 5.74) is 2.42. The van der Waals surface area contributed by atoms with E-state index in [1.165, 1.54) is 12.5 Å². The number of pyridine rings is 1. The molecule has 0 bridgehead atoms. The molecule has 1 fully saturated rings. The van der Waals surface area contributed by atoms with E-state index >= 15 is 0 Å². The number of aromatic nitrogens is 1. The Bertz CT molecular complexity index is 858. The highest BCUT2D eigenvalue weighted by atomic mass is 16.6. The van der Waals surface area contributed by atoms with Gasteiger partial charge in [0.2, 0.25) is 5.91 Å².